The van der Waals surface area contributed by atoms with Gasteiger partial charge in [-0.05, 0) is 37.8 Å². The number of hydrogen-bond acceptors (Lipinski definition) is 2. The van der Waals surface area contributed by atoms with Crippen LogP contribution in [0, 0.1) is 0 Å². The van der Waals surface area contributed by atoms with E-state index < -0.39 is 0 Å². The molecule has 2 nitrogen and oxygen atoms in total. The van der Waals surface area contributed by atoms with Gasteiger partial charge in [-0.2, -0.15) is 0 Å². The molecule has 0 saturated carbocycles. The van der Waals surface area contributed by atoms with E-state index in [2.05, 4.69) is 27.7 Å². The predicted molar refractivity (Wildman–Crippen MR) is 133 cm³/mol. The Hall–Kier alpha value is 0.354. The van der Waals surface area contributed by atoms with Crippen LogP contribution in [0.25, 0.3) is 0 Å². The van der Waals surface area contributed by atoms with E-state index in [-0.39, 0.29) is 19.5 Å². The van der Waals surface area contributed by atoms with E-state index in [1.807, 2.05) is 0 Å². The monoisotopic (exact) mass is 430 g/mol. The Balaban J connectivity index is 3.86. The Bertz CT molecular complexity index is 262. The summed E-state index contributed by atoms with van der Waals surface area (Å²) in [7, 11) is -0.665. The lowest BCUT2D eigenvalue weighted by Gasteiger charge is -2.19. The van der Waals surface area contributed by atoms with Gasteiger partial charge in [-0.15, -0.1) is 0 Å². The van der Waals surface area contributed by atoms with E-state index >= 15 is 0 Å². The predicted octanol–water partition coefficient (Wildman–Crippen LogP) is 7.08. The zero-order chi connectivity index (χ0) is 20.7. The fourth-order valence-electron chi connectivity index (χ4n) is 3.79. The van der Waals surface area contributed by atoms with Crippen molar-refractivity contribution in [3.05, 3.63) is 0 Å². The fraction of sp³-hybridized carbons (Fsp3) is 1.00. The lowest BCUT2D eigenvalue weighted by Crippen LogP contribution is -2.18. The van der Waals surface area contributed by atoms with Crippen molar-refractivity contribution < 1.29 is 8.85 Å². The molecule has 0 aliphatic rings. The highest BCUT2D eigenvalue weighted by molar-refractivity contribution is 6.34. The fourth-order valence-corrected chi connectivity index (χ4v) is 7.09. The normalized spacial score (nSPS) is 14.6. The number of unbranched alkanes of at least 4 members (excludes halogenated alkanes) is 8. The first kappa shape index (κ1) is 28.4. The highest BCUT2D eigenvalue weighted by Crippen LogP contribution is 2.16. The average molecular weight is 431 g/mol. The molecule has 4 heteroatoms. The van der Waals surface area contributed by atoms with Crippen LogP contribution in [0.5, 0.6) is 0 Å². The van der Waals surface area contributed by atoms with Crippen LogP contribution in [0.2, 0.25) is 12.1 Å². The van der Waals surface area contributed by atoms with Gasteiger partial charge in [-0.25, -0.2) is 0 Å². The topological polar surface area (TPSA) is 18.5 Å². The van der Waals surface area contributed by atoms with Gasteiger partial charge < -0.3 is 8.85 Å². The van der Waals surface area contributed by atoms with Crippen molar-refractivity contribution in [2.75, 3.05) is 0 Å². The zero-order valence-corrected chi connectivity index (χ0v) is 22.9. The van der Waals surface area contributed by atoms with Crippen molar-refractivity contribution >= 4 is 19.5 Å². The van der Waals surface area contributed by atoms with Crippen molar-refractivity contribution in [3.63, 3.8) is 0 Å². The summed E-state index contributed by atoms with van der Waals surface area (Å²) >= 11 is 0. The van der Waals surface area contributed by atoms with Gasteiger partial charge in [0.1, 0.15) is 0 Å². The Kier molecular flexibility index (Phi) is 23.9. The maximum atomic E-state index is 6.39. The maximum absolute atomic E-state index is 6.39. The van der Waals surface area contributed by atoms with Crippen LogP contribution in [0.1, 0.15) is 130 Å². The molecule has 0 saturated heterocycles. The lowest BCUT2D eigenvalue weighted by atomic mass is 10.1. The summed E-state index contributed by atoms with van der Waals surface area (Å²) in [5, 5.41) is 0. The Labute approximate surface area is 183 Å². The third kappa shape index (κ3) is 19.7. The first-order chi connectivity index (χ1) is 13.8. The third-order valence-corrected chi connectivity index (χ3v) is 9.76. The molecule has 28 heavy (non-hydrogen) atoms. The van der Waals surface area contributed by atoms with Crippen LogP contribution in [0.3, 0.4) is 0 Å². The largest absolute Gasteiger partial charge is 0.421 e. The summed E-state index contributed by atoms with van der Waals surface area (Å²) in [6.45, 7) is 9.18. The number of hydrogen-bond donors (Lipinski definition) is 0. The van der Waals surface area contributed by atoms with Crippen LogP contribution >= 0.6 is 0 Å². The second-order valence-electron chi connectivity index (χ2n) is 8.68. The van der Waals surface area contributed by atoms with Crippen molar-refractivity contribution in [1.82, 2.24) is 0 Å². The molecule has 0 aromatic carbocycles. The molecule has 0 radical (unpaired) electrons. The van der Waals surface area contributed by atoms with Crippen molar-refractivity contribution in [3.8, 4) is 0 Å². The molecule has 2 unspecified atom stereocenters. The summed E-state index contributed by atoms with van der Waals surface area (Å²) in [4.78, 5) is 0. The molecule has 0 aliphatic carbocycles. The maximum Gasteiger partial charge on any atom is 0.161 e. The third-order valence-electron chi connectivity index (χ3n) is 5.76. The van der Waals surface area contributed by atoms with Gasteiger partial charge in [0.15, 0.2) is 19.5 Å². The summed E-state index contributed by atoms with van der Waals surface area (Å²) in [6, 6.07) is 2.69. The molecule has 0 aromatic rings. The summed E-state index contributed by atoms with van der Waals surface area (Å²) in [5.41, 5.74) is 0. The summed E-state index contributed by atoms with van der Waals surface area (Å²) in [6.07, 6.45) is 22.6. The van der Waals surface area contributed by atoms with Gasteiger partial charge in [-0.3, -0.25) is 0 Å². The first-order valence-electron chi connectivity index (χ1n) is 13.0. The van der Waals surface area contributed by atoms with Crippen molar-refractivity contribution in [2.45, 2.75) is 155 Å². The molecule has 0 heterocycles. The highest BCUT2D eigenvalue weighted by atomic mass is 28.2. The van der Waals surface area contributed by atoms with Gasteiger partial charge in [0.05, 0.1) is 0 Å². The smallest absolute Gasteiger partial charge is 0.161 e. The van der Waals surface area contributed by atoms with Crippen LogP contribution in [-0.2, 0) is 8.85 Å². The molecular formula is C24H54O2Si2. The summed E-state index contributed by atoms with van der Waals surface area (Å²) in [5.74, 6) is 0. The minimum atomic E-state index is -0.332. The van der Waals surface area contributed by atoms with E-state index in [1.54, 1.807) is 0 Å². The molecule has 0 spiro atoms. The van der Waals surface area contributed by atoms with Crippen molar-refractivity contribution in [1.29, 1.82) is 0 Å². The van der Waals surface area contributed by atoms with Gasteiger partial charge in [0, 0.05) is 12.2 Å². The average Bonchev–Trinajstić information content (AvgIpc) is 2.71. The van der Waals surface area contributed by atoms with E-state index in [9.17, 15) is 0 Å². The van der Waals surface area contributed by atoms with Gasteiger partial charge in [-0.1, -0.05) is 105 Å². The zero-order valence-electron chi connectivity index (χ0n) is 20.1. The van der Waals surface area contributed by atoms with Gasteiger partial charge in [0.25, 0.3) is 0 Å². The Morgan fingerprint density at radius 1 is 0.464 bits per heavy atom. The molecule has 0 N–H and O–H groups in total. The molecule has 0 aliphatic heterocycles. The first-order valence-corrected chi connectivity index (χ1v) is 16.2. The van der Waals surface area contributed by atoms with Crippen molar-refractivity contribution in [2.24, 2.45) is 0 Å². The van der Waals surface area contributed by atoms with E-state index in [0.717, 1.165) is 0 Å². The minimum Gasteiger partial charge on any atom is -0.421 e. The molecule has 0 rings (SSSR count). The lowest BCUT2D eigenvalue weighted by molar-refractivity contribution is 0.178. The van der Waals surface area contributed by atoms with Crippen LogP contribution < -0.4 is 0 Å². The van der Waals surface area contributed by atoms with Crippen LogP contribution in [0.4, 0.5) is 0 Å². The van der Waals surface area contributed by atoms with Crippen LogP contribution in [-0.4, -0.2) is 31.7 Å². The SMILES string of the molecule is CCCCCCC(CCCC)O[SiH2]CC[SiH2]OC(CCCC)CCCCCC. The second kappa shape index (κ2) is 23.6. The van der Waals surface area contributed by atoms with Gasteiger partial charge in [0.2, 0.25) is 0 Å². The van der Waals surface area contributed by atoms with E-state index in [1.165, 1.54) is 115 Å². The van der Waals surface area contributed by atoms with Gasteiger partial charge >= 0.3 is 0 Å². The van der Waals surface area contributed by atoms with E-state index in [0.29, 0.717) is 12.2 Å². The molecule has 0 fully saturated rings. The molecule has 0 bridgehead atoms. The molecule has 2 atom stereocenters. The molecule has 170 valence electrons. The Morgan fingerprint density at radius 3 is 1.18 bits per heavy atom. The Morgan fingerprint density at radius 2 is 0.821 bits per heavy atom. The number of rotatable bonds is 23. The quantitative estimate of drug-likeness (QED) is 0.127. The van der Waals surface area contributed by atoms with E-state index in [4.69, 9.17) is 8.85 Å². The molecule has 0 amide bonds. The minimum absolute atomic E-state index is 0.332. The van der Waals surface area contributed by atoms with Crippen LogP contribution in [0.15, 0.2) is 0 Å². The summed E-state index contributed by atoms with van der Waals surface area (Å²) < 4.78 is 12.8. The molecular weight excluding hydrogens is 376 g/mol. The second-order valence-corrected chi connectivity index (χ2v) is 11.6. The highest BCUT2D eigenvalue weighted by Gasteiger charge is 2.10. The molecule has 0 aromatic heterocycles. The standard InChI is InChI=1S/C24H54O2Si2/c1-5-9-13-15-19-23(17-11-7-3)25-27-21-22-28-26-24(18-12-8-4)20-16-14-10-6-2/h23-24H,5-22,27-28H2,1-4H3.